The van der Waals surface area contributed by atoms with Gasteiger partial charge >= 0.3 is 0 Å². The summed E-state index contributed by atoms with van der Waals surface area (Å²) in [6, 6.07) is 0. The summed E-state index contributed by atoms with van der Waals surface area (Å²) < 4.78 is 25.7. The van der Waals surface area contributed by atoms with Crippen molar-refractivity contribution in [3.05, 3.63) is 11.1 Å². The van der Waals surface area contributed by atoms with Gasteiger partial charge < -0.3 is 9.47 Å². The van der Waals surface area contributed by atoms with E-state index in [9.17, 15) is 0 Å². The van der Waals surface area contributed by atoms with Gasteiger partial charge in [0, 0.05) is 13.7 Å². The molecule has 0 aromatic rings. The maximum Gasteiger partial charge on any atom is 0.0836 e. The van der Waals surface area contributed by atoms with Crippen LogP contribution in [0.25, 0.3) is 0 Å². The van der Waals surface area contributed by atoms with Crippen LogP contribution in [0.4, 0.5) is 0 Å². The monoisotopic (exact) mass is 216 g/mol. The smallest absolute Gasteiger partial charge is 0.0836 e. The van der Waals surface area contributed by atoms with E-state index in [1.165, 1.54) is 0 Å². The molecule has 1 atom stereocenters. The van der Waals surface area contributed by atoms with Gasteiger partial charge in [0.05, 0.1) is 13.9 Å². The lowest BCUT2D eigenvalue weighted by molar-refractivity contribution is 0.0110. The van der Waals surface area contributed by atoms with E-state index in [1.807, 2.05) is 41.5 Å². The van der Waals surface area contributed by atoms with E-state index in [4.69, 9.17) is 12.2 Å². The molecule has 0 amide bonds. The van der Waals surface area contributed by atoms with Crippen LogP contribution in [-0.2, 0) is 9.47 Å². The van der Waals surface area contributed by atoms with Crippen molar-refractivity contribution >= 4 is 0 Å². The minimum absolute atomic E-state index is 0.0618. The second kappa shape index (κ2) is 5.13. The maximum atomic E-state index is 7.50. The molecule has 0 rings (SSSR count). The molecule has 0 bridgehead atoms. The molecule has 0 aliphatic carbocycles. The molecule has 0 N–H and O–H groups in total. The quantitative estimate of drug-likeness (QED) is 0.654. The molecule has 0 spiro atoms. The lowest BCUT2D eigenvalue weighted by Gasteiger charge is -2.33. The first-order valence-electron chi connectivity index (χ1n) is 6.54. The van der Waals surface area contributed by atoms with Gasteiger partial charge in [0.1, 0.15) is 0 Å². The minimum atomic E-state index is -0.562. The molecular weight excluding hydrogens is 188 g/mol. The number of ether oxygens (including phenoxy) is 2. The summed E-state index contributed by atoms with van der Waals surface area (Å²) >= 11 is 0. The lowest BCUT2D eigenvalue weighted by atomic mass is 9.87. The molecule has 0 aliphatic rings. The van der Waals surface area contributed by atoms with E-state index in [0.29, 0.717) is 0 Å². The summed E-state index contributed by atoms with van der Waals surface area (Å²) in [5, 5.41) is 0. The summed E-state index contributed by atoms with van der Waals surface area (Å²) in [4.78, 5) is 0. The van der Waals surface area contributed by atoms with Gasteiger partial charge in [-0.25, -0.2) is 0 Å². The molecule has 15 heavy (non-hydrogen) atoms. The summed E-state index contributed by atoms with van der Waals surface area (Å²) in [6.07, 6.45) is 0. The molecule has 1 unspecified atom stereocenters. The SMILES string of the molecule is [2H]COC(C)(C)/C(C)=C(/C)C(C)(C)OC([2H])C. The summed E-state index contributed by atoms with van der Waals surface area (Å²) in [5.41, 5.74) is 1.14. The van der Waals surface area contributed by atoms with Gasteiger partial charge in [-0.1, -0.05) is 0 Å². The Morgan fingerprint density at radius 1 is 1.13 bits per heavy atom. The highest BCUT2D eigenvalue weighted by atomic mass is 16.5. The van der Waals surface area contributed by atoms with Crippen molar-refractivity contribution in [3.8, 4) is 0 Å². The Morgan fingerprint density at radius 2 is 1.60 bits per heavy atom. The number of methoxy groups -OCH3 is 1. The highest BCUT2D eigenvalue weighted by Gasteiger charge is 2.28. The van der Waals surface area contributed by atoms with Gasteiger partial charge in [-0.05, 0) is 59.6 Å². The second-order valence-electron chi connectivity index (χ2n) is 4.77. The predicted molar refractivity (Wildman–Crippen MR) is 65.2 cm³/mol. The van der Waals surface area contributed by atoms with Gasteiger partial charge in [-0.2, -0.15) is 0 Å². The number of rotatable bonds is 5. The van der Waals surface area contributed by atoms with Crippen LogP contribution in [0.15, 0.2) is 11.1 Å². The first kappa shape index (κ1) is 11.2. The standard InChI is InChI=1S/C13H26O2/c1-9-15-13(6,7)11(3)10(2)12(4,5)14-8/h9H2,1-8H3/b11-10-/i8D,9D. The zero-order valence-corrected chi connectivity index (χ0v) is 11.1. The Balaban J connectivity index is 5.15. The molecule has 0 saturated heterocycles. The van der Waals surface area contributed by atoms with Crippen LogP contribution in [0.1, 0.15) is 51.2 Å². The van der Waals surface area contributed by atoms with Crippen LogP contribution in [0.5, 0.6) is 0 Å². The van der Waals surface area contributed by atoms with Crippen LogP contribution < -0.4 is 0 Å². The van der Waals surface area contributed by atoms with Gasteiger partial charge in [0.15, 0.2) is 0 Å². The summed E-state index contributed by atoms with van der Waals surface area (Å²) in [6.45, 7) is 12.9. The summed E-state index contributed by atoms with van der Waals surface area (Å²) in [5.74, 6) is 0. The Morgan fingerprint density at radius 3 is 2.00 bits per heavy atom. The molecular formula is C13H26O2. The molecule has 90 valence electrons. The maximum absolute atomic E-state index is 7.50. The number of hydrogen-bond donors (Lipinski definition) is 0. The van der Waals surface area contributed by atoms with E-state index in [1.54, 1.807) is 6.92 Å². The van der Waals surface area contributed by atoms with Crippen LogP contribution >= 0.6 is 0 Å². The Labute approximate surface area is 97.5 Å². The molecule has 2 nitrogen and oxygen atoms in total. The summed E-state index contributed by atoms with van der Waals surface area (Å²) in [7, 11) is -0.0618. The van der Waals surface area contributed by atoms with E-state index < -0.39 is 17.8 Å². The molecule has 0 fully saturated rings. The van der Waals surface area contributed by atoms with Crippen molar-refractivity contribution in [1.82, 2.24) is 0 Å². The molecule has 0 aromatic carbocycles. The fourth-order valence-electron chi connectivity index (χ4n) is 1.39. The first-order valence-corrected chi connectivity index (χ1v) is 5.26. The van der Waals surface area contributed by atoms with Crippen molar-refractivity contribution in [3.63, 3.8) is 0 Å². The van der Waals surface area contributed by atoms with E-state index in [2.05, 4.69) is 0 Å². The van der Waals surface area contributed by atoms with Crippen LogP contribution in [0, 0.1) is 0 Å². The zero-order valence-electron chi connectivity index (χ0n) is 13.1. The van der Waals surface area contributed by atoms with E-state index >= 15 is 0 Å². The van der Waals surface area contributed by atoms with Gasteiger partial charge in [-0.15, -0.1) is 0 Å². The van der Waals surface area contributed by atoms with Gasteiger partial charge in [0.25, 0.3) is 0 Å². The fourth-order valence-corrected chi connectivity index (χ4v) is 1.39. The lowest BCUT2D eigenvalue weighted by Crippen LogP contribution is -2.32. The Bertz CT molecular complexity index is 281. The Kier molecular flexibility index (Phi) is 3.81. The largest absolute Gasteiger partial charge is 0.374 e. The van der Waals surface area contributed by atoms with Crippen molar-refractivity contribution in [1.29, 1.82) is 0 Å². The third kappa shape index (κ3) is 3.62. The second-order valence-corrected chi connectivity index (χ2v) is 4.77. The molecule has 2 heteroatoms. The van der Waals surface area contributed by atoms with Crippen molar-refractivity contribution < 1.29 is 12.2 Å². The fraction of sp³-hybridized carbons (Fsp3) is 0.846. The molecule has 0 aliphatic heterocycles. The van der Waals surface area contributed by atoms with E-state index in [0.717, 1.165) is 11.1 Å². The molecule has 0 radical (unpaired) electrons. The Hall–Kier alpha value is -0.340. The predicted octanol–water partition coefficient (Wildman–Crippen LogP) is 3.56. The topological polar surface area (TPSA) is 18.5 Å². The average Bonchev–Trinajstić information content (AvgIpc) is 2.13. The van der Waals surface area contributed by atoms with Gasteiger partial charge in [0.2, 0.25) is 0 Å². The minimum Gasteiger partial charge on any atom is -0.374 e. The van der Waals surface area contributed by atoms with Crippen molar-refractivity contribution in [2.75, 3.05) is 13.7 Å². The highest BCUT2D eigenvalue weighted by molar-refractivity contribution is 5.25. The molecule has 0 aromatic heterocycles. The average molecular weight is 216 g/mol. The third-order valence-corrected chi connectivity index (χ3v) is 3.14. The first-order chi connectivity index (χ1) is 7.54. The third-order valence-electron chi connectivity index (χ3n) is 3.14. The van der Waals surface area contributed by atoms with E-state index in [-0.39, 0.29) is 7.09 Å². The van der Waals surface area contributed by atoms with Crippen LogP contribution in [0.2, 0.25) is 0 Å². The molecule has 0 heterocycles. The zero-order chi connectivity index (χ0) is 13.9. The van der Waals surface area contributed by atoms with Gasteiger partial charge in [-0.3, -0.25) is 0 Å². The normalized spacial score (nSPS) is 19.1. The van der Waals surface area contributed by atoms with Crippen LogP contribution in [0.3, 0.4) is 0 Å². The highest BCUT2D eigenvalue weighted by Crippen LogP contribution is 2.30. The van der Waals surface area contributed by atoms with Crippen molar-refractivity contribution in [2.45, 2.75) is 59.7 Å². The molecule has 0 saturated carbocycles. The van der Waals surface area contributed by atoms with Crippen molar-refractivity contribution in [2.24, 2.45) is 0 Å². The van der Waals surface area contributed by atoms with Crippen LogP contribution in [-0.4, -0.2) is 24.9 Å². The number of hydrogen-bond acceptors (Lipinski definition) is 2.